The molecule has 9 heteroatoms. The molecule has 1 aliphatic rings. The van der Waals surface area contributed by atoms with Crippen molar-refractivity contribution >= 4 is 40.3 Å². The molecule has 1 aliphatic heterocycles. The van der Waals surface area contributed by atoms with Crippen LogP contribution < -0.4 is 4.90 Å². The van der Waals surface area contributed by atoms with Crippen molar-refractivity contribution in [2.45, 2.75) is 40.5 Å². The van der Waals surface area contributed by atoms with Crippen LogP contribution in [0.3, 0.4) is 0 Å². The first-order valence-corrected chi connectivity index (χ1v) is 13.5. The Balaban J connectivity index is 1.40. The third-order valence-corrected chi connectivity index (χ3v) is 7.84. The van der Waals surface area contributed by atoms with E-state index in [4.69, 9.17) is 11.6 Å². The van der Waals surface area contributed by atoms with Gasteiger partial charge in [-0.3, -0.25) is 14.5 Å². The quantitative estimate of drug-likeness (QED) is 0.379. The molecule has 0 aliphatic carbocycles. The number of ketones is 2. The highest BCUT2D eigenvalue weighted by Gasteiger charge is 2.22. The predicted molar refractivity (Wildman–Crippen MR) is 144 cm³/mol. The highest BCUT2D eigenvalue weighted by atomic mass is 35.5. The summed E-state index contributed by atoms with van der Waals surface area (Å²) in [6.45, 7) is 11.6. The lowest BCUT2D eigenvalue weighted by atomic mass is 10.0. The van der Waals surface area contributed by atoms with Gasteiger partial charge in [0.25, 0.3) is 0 Å². The summed E-state index contributed by atoms with van der Waals surface area (Å²) in [5.74, 6) is 1.98. The molecule has 1 aromatic carbocycles. The molecule has 190 valence electrons. The van der Waals surface area contributed by atoms with Gasteiger partial charge in [0.05, 0.1) is 22.1 Å². The van der Waals surface area contributed by atoms with Crippen LogP contribution in [0.2, 0.25) is 5.02 Å². The Kier molecular flexibility index (Phi) is 8.49. The van der Waals surface area contributed by atoms with Gasteiger partial charge in [0.15, 0.2) is 5.78 Å². The standard InChI is InChI=1S/C27H32ClN5O2S/c1-17(2)24(35)16-32-8-10-33(11-9-32)26-12-20(30-19(4)31-26)13-27-29-15-25(36-27)23(34)14-21-18(3)6-5-7-22(21)28/h5-7,12,15,17H,8-11,13-14,16H2,1-4H3. The van der Waals surface area contributed by atoms with E-state index in [9.17, 15) is 9.59 Å². The van der Waals surface area contributed by atoms with E-state index in [1.165, 1.54) is 11.3 Å². The maximum atomic E-state index is 12.9. The van der Waals surface area contributed by atoms with Crippen LogP contribution in [0, 0.1) is 19.8 Å². The van der Waals surface area contributed by atoms with Crippen molar-refractivity contribution in [2.75, 3.05) is 37.6 Å². The van der Waals surface area contributed by atoms with Gasteiger partial charge in [-0.2, -0.15) is 0 Å². The largest absolute Gasteiger partial charge is 0.354 e. The van der Waals surface area contributed by atoms with E-state index >= 15 is 0 Å². The summed E-state index contributed by atoms with van der Waals surface area (Å²) in [6.07, 6.45) is 2.46. The lowest BCUT2D eigenvalue weighted by molar-refractivity contribution is -0.123. The second-order valence-electron chi connectivity index (χ2n) is 9.58. The van der Waals surface area contributed by atoms with E-state index < -0.39 is 0 Å². The van der Waals surface area contributed by atoms with Gasteiger partial charge >= 0.3 is 0 Å². The highest BCUT2D eigenvalue weighted by Crippen LogP contribution is 2.24. The second kappa shape index (κ2) is 11.6. The number of carbonyl (C=O) groups excluding carboxylic acids is 2. The molecule has 1 saturated heterocycles. The number of anilines is 1. The van der Waals surface area contributed by atoms with E-state index in [1.54, 1.807) is 6.20 Å². The molecule has 4 rings (SSSR count). The number of aromatic nitrogens is 3. The van der Waals surface area contributed by atoms with Crippen molar-refractivity contribution < 1.29 is 9.59 Å². The number of aryl methyl sites for hydroxylation is 2. The number of rotatable bonds is 9. The molecule has 7 nitrogen and oxygen atoms in total. The number of hydrogen-bond acceptors (Lipinski definition) is 8. The van der Waals surface area contributed by atoms with Crippen LogP contribution in [0.5, 0.6) is 0 Å². The average molecular weight is 526 g/mol. The molecule has 0 saturated carbocycles. The molecular formula is C27H32ClN5O2S. The number of hydrogen-bond donors (Lipinski definition) is 0. The maximum absolute atomic E-state index is 12.9. The zero-order chi connectivity index (χ0) is 25.8. The Morgan fingerprint density at radius 3 is 2.56 bits per heavy atom. The first-order chi connectivity index (χ1) is 17.2. The van der Waals surface area contributed by atoms with Gasteiger partial charge in [0.1, 0.15) is 17.4 Å². The maximum Gasteiger partial charge on any atom is 0.178 e. The summed E-state index contributed by atoms with van der Waals surface area (Å²) in [6, 6.07) is 7.68. The smallest absolute Gasteiger partial charge is 0.178 e. The summed E-state index contributed by atoms with van der Waals surface area (Å²) < 4.78 is 0. The lowest BCUT2D eigenvalue weighted by Crippen LogP contribution is -2.48. The molecule has 0 atom stereocenters. The first-order valence-electron chi connectivity index (χ1n) is 12.3. The van der Waals surface area contributed by atoms with Gasteiger partial charge < -0.3 is 4.90 Å². The van der Waals surface area contributed by atoms with E-state index in [-0.39, 0.29) is 23.9 Å². The number of piperazine rings is 1. The molecule has 0 bridgehead atoms. The van der Waals surface area contributed by atoms with Crippen molar-refractivity contribution in [3.8, 4) is 0 Å². The zero-order valence-electron chi connectivity index (χ0n) is 21.3. The van der Waals surface area contributed by atoms with E-state index in [1.807, 2.05) is 52.0 Å². The van der Waals surface area contributed by atoms with Crippen molar-refractivity contribution in [1.29, 1.82) is 0 Å². The number of halogens is 1. The normalized spacial score (nSPS) is 14.4. The number of nitrogens with zero attached hydrogens (tertiary/aromatic N) is 5. The topological polar surface area (TPSA) is 79.3 Å². The van der Waals surface area contributed by atoms with Crippen molar-refractivity contribution in [1.82, 2.24) is 19.9 Å². The van der Waals surface area contributed by atoms with Crippen LogP contribution in [0.4, 0.5) is 5.82 Å². The van der Waals surface area contributed by atoms with E-state index in [2.05, 4.69) is 24.8 Å². The number of benzene rings is 1. The molecule has 3 aromatic rings. The minimum atomic E-state index is 0.0170. The van der Waals surface area contributed by atoms with Crippen molar-refractivity contribution in [3.05, 3.63) is 68.0 Å². The van der Waals surface area contributed by atoms with Crippen molar-refractivity contribution in [2.24, 2.45) is 5.92 Å². The van der Waals surface area contributed by atoms with Crippen molar-refractivity contribution in [3.63, 3.8) is 0 Å². The average Bonchev–Trinajstić information content (AvgIpc) is 3.30. The molecule has 0 unspecified atom stereocenters. The van der Waals surface area contributed by atoms with Gasteiger partial charge in [-0.15, -0.1) is 11.3 Å². The monoisotopic (exact) mass is 525 g/mol. The SMILES string of the molecule is Cc1nc(Cc2ncc(C(=O)Cc3c(C)cccc3Cl)s2)cc(N2CCN(CC(=O)C(C)C)CC2)n1. The third kappa shape index (κ3) is 6.55. The number of Topliss-reactive ketones (excluding diaryl/α,β-unsaturated/α-hetero) is 2. The lowest BCUT2D eigenvalue weighted by Gasteiger charge is -2.35. The Morgan fingerprint density at radius 1 is 1.11 bits per heavy atom. The fourth-order valence-corrected chi connectivity index (χ4v) is 5.38. The zero-order valence-corrected chi connectivity index (χ0v) is 22.8. The Hall–Kier alpha value is -2.68. The Bertz CT molecular complexity index is 1230. The Morgan fingerprint density at radius 2 is 1.86 bits per heavy atom. The van der Waals surface area contributed by atoms with Gasteiger partial charge in [0, 0.05) is 62.2 Å². The molecule has 36 heavy (non-hydrogen) atoms. The summed E-state index contributed by atoms with van der Waals surface area (Å²) in [4.78, 5) is 43.8. The summed E-state index contributed by atoms with van der Waals surface area (Å²) in [7, 11) is 0. The van der Waals surface area contributed by atoms with Crippen LogP contribution in [0.1, 0.15) is 51.2 Å². The Labute approximate surface area is 221 Å². The minimum absolute atomic E-state index is 0.0170. The molecule has 0 spiro atoms. The number of carbonyl (C=O) groups is 2. The molecule has 0 radical (unpaired) electrons. The second-order valence-corrected chi connectivity index (χ2v) is 11.1. The predicted octanol–water partition coefficient (Wildman–Crippen LogP) is 4.57. The minimum Gasteiger partial charge on any atom is -0.354 e. The molecule has 3 heterocycles. The summed E-state index contributed by atoms with van der Waals surface area (Å²) >= 11 is 7.72. The highest BCUT2D eigenvalue weighted by molar-refractivity contribution is 7.13. The fourth-order valence-electron chi connectivity index (χ4n) is 4.22. The third-order valence-electron chi connectivity index (χ3n) is 6.45. The summed E-state index contributed by atoms with van der Waals surface area (Å²) in [5, 5.41) is 1.46. The molecular weight excluding hydrogens is 494 g/mol. The van der Waals surface area contributed by atoms with Gasteiger partial charge in [0.2, 0.25) is 0 Å². The van der Waals surface area contributed by atoms with Crippen LogP contribution in [0.15, 0.2) is 30.5 Å². The van der Waals surface area contributed by atoms with Crippen LogP contribution >= 0.6 is 22.9 Å². The van der Waals surface area contributed by atoms with Gasteiger partial charge in [-0.1, -0.05) is 37.6 Å². The summed E-state index contributed by atoms with van der Waals surface area (Å²) in [5.41, 5.74) is 2.76. The van der Waals surface area contributed by atoms with Gasteiger partial charge in [-0.05, 0) is 31.0 Å². The molecule has 2 aromatic heterocycles. The van der Waals surface area contributed by atoms with Gasteiger partial charge in [-0.25, -0.2) is 15.0 Å². The van der Waals surface area contributed by atoms with Crippen LogP contribution in [-0.4, -0.2) is 64.1 Å². The first kappa shape index (κ1) is 26.4. The molecule has 1 fully saturated rings. The number of thiazole rings is 1. The fraction of sp³-hybridized carbons (Fsp3) is 0.444. The van der Waals surface area contributed by atoms with E-state index in [0.717, 1.165) is 53.8 Å². The molecule has 0 N–H and O–H groups in total. The molecule has 0 amide bonds. The van der Waals surface area contributed by atoms with Crippen LogP contribution in [-0.2, 0) is 17.6 Å². The van der Waals surface area contributed by atoms with E-state index in [0.29, 0.717) is 28.7 Å². The van der Waals surface area contributed by atoms with Crippen LogP contribution in [0.25, 0.3) is 0 Å².